The van der Waals surface area contributed by atoms with Crippen molar-refractivity contribution in [2.75, 3.05) is 6.54 Å². The fourth-order valence-corrected chi connectivity index (χ4v) is 5.17. The van der Waals surface area contributed by atoms with E-state index in [-0.39, 0.29) is 10.8 Å². The summed E-state index contributed by atoms with van der Waals surface area (Å²) < 4.78 is 23.2. The molecule has 1 aliphatic heterocycles. The number of amides is 1. The Labute approximate surface area is 184 Å². The van der Waals surface area contributed by atoms with Crippen molar-refractivity contribution in [3.8, 4) is 21.7 Å². The molecule has 0 saturated carbocycles. The number of aromatic nitrogens is 1. The van der Waals surface area contributed by atoms with Crippen molar-refractivity contribution >= 4 is 38.9 Å². The molecule has 156 valence electrons. The van der Waals surface area contributed by atoms with E-state index in [1.807, 2.05) is 17.0 Å². The van der Waals surface area contributed by atoms with Crippen LogP contribution in [0.3, 0.4) is 0 Å². The number of hydrogen-bond acceptors (Lipinski definition) is 5. The van der Waals surface area contributed by atoms with Crippen LogP contribution in [0.4, 0.5) is 0 Å². The molecule has 3 aromatic rings. The van der Waals surface area contributed by atoms with Gasteiger partial charge in [0.1, 0.15) is 5.01 Å². The highest BCUT2D eigenvalue weighted by atomic mass is 35.5. The van der Waals surface area contributed by atoms with Crippen molar-refractivity contribution in [3.05, 3.63) is 58.6 Å². The van der Waals surface area contributed by atoms with Crippen LogP contribution >= 0.6 is 22.9 Å². The SMILES string of the molecule is NS(=O)(=O)c1ccc(-c2sc(CN3CCCCC3=O)nc2-c2ccc(Cl)cc2)cc1. The number of nitrogens with zero attached hydrogens (tertiary/aromatic N) is 2. The van der Waals surface area contributed by atoms with E-state index in [0.717, 1.165) is 46.1 Å². The van der Waals surface area contributed by atoms with E-state index < -0.39 is 10.0 Å². The van der Waals surface area contributed by atoms with Gasteiger partial charge in [0.15, 0.2) is 0 Å². The summed E-state index contributed by atoms with van der Waals surface area (Å²) in [6, 6.07) is 13.8. The predicted molar refractivity (Wildman–Crippen MR) is 119 cm³/mol. The molecule has 1 fully saturated rings. The molecule has 2 aromatic carbocycles. The first kappa shape index (κ1) is 21.0. The molecule has 0 aliphatic carbocycles. The summed E-state index contributed by atoms with van der Waals surface area (Å²) in [6.07, 6.45) is 2.52. The Bertz CT molecular complexity index is 1170. The average molecular weight is 462 g/mol. The molecular weight excluding hydrogens is 442 g/mol. The van der Waals surface area contributed by atoms with Crippen molar-refractivity contribution in [2.45, 2.75) is 30.7 Å². The van der Waals surface area contributed by atoms with Crippen LogP contribution in [-0.4, -0.2) is 30.8 Å². The van der Waals surface area contributed by atoms with Crippen molar-refractivity contribution in [1.29, 1.82) is 0 Å². The molecule has 0 radical (unpaired) electrons. The van der Waals surface area contributed by atoms with Crippen molar-refractivity contribution in [2.24, 2.45) is 5.14 Å². The van der Waals surface area contributed by atoms with Gasteiger partial charge in [0, 0.05) is 23.6 Å². The van der Waals surface area contributed by atoms with Gasteiger partial charge in [-0.05, 0) is 42.7 Å². The lowest BCUT2D eigenvalue weighted by Gasteiger charge is -2.25. The van der Waals surface area contributed by atoms with Crippen LogP contribution in [0.5, 0.6) is 0 Å². The van der Waals surface area contributed by atoms with Gasteiger partial charge in [0.25, 0.3) is 0 Å². The number of thiazole rings is 1. The van der Waals surface area contributed by atoms with Gasteiger partial charge in [-0.3, -0.25) is 4.79 Å². The van der Waals surface area contributed by atoms with Crippen LogP contribution < -0.4 is 5.14 Å². The van der Waals surface area contributed by atoms with E-state index in [1.165, 1.54) is 23.5 Å². The third-order valence-corrected chi connectivity index (χ3v) is 7.25. The summed E-state index contributed by atoms with van der Waals surface area (Å²) in [7, 11) is -3.76. The van der Waals surface area contributed by atoms with Crippen LogP contribution in [0.25, 0.3) is 21.7 Å². The Hall–Kier alpha value is -2.26. The first-order valence-electron chi connectivity index (χ1n) is 9.48. The predicted octanol–water partition coefficient (Wildman–Crippen LogP) is 4.29. The highest BCUT2D eigenvalue weighted by Crippen LogP contribution is 2.38. The lowest BCUT2D eigenvalue weighted by atomic mass is 10.1. The molecule has 1 amide bonds. The lowest BCUT2D eigenvalue weighted by Crippen LogP contribution is -2.34. The normalized spacial score (nSPS) is 14.9. The molecule has 9 heteroatoms. The summed E-state index contributed by atoms with van der Waals surface area (Å²) in [6.45, 7) is 1.21. The summed E-state index contributed by atoms with van der Waals surface area (Å²) >= 11 is 7.54. The minimum atomic E-state index is -3.76. The molecule has 1 aromatic heterocycles. The smallest absolute Gasteiger partial charge is 0.238 e. The fourth-order valence-electron chi connectivity index (χ4n) is 3.42. The Morgan fingerprint density at radius 1 is 1.03 bits per heavy atom. The van der Waals surface area contributed by atoms with Crippen LogP contribution in [-0.2, 0) is 21.4 Å². The zero-order chi connectivity index (χ0) is 21.3. The Morgan fingerprint density at radius 3 is 2.33 bits per heavy atom. The largest absolute Gasteiger partial charge is 0.336 e. The second kappa shape index (κ2) is 8.47. The van der Waals surface area contributed by atoms with E-state index in [9.17, 15) is 13.2 Å². The van der Waals surface area contributed by atoms with Gasteiger partial charge < -0.3 is 4.90 Å². The van der Waals surface area contributed by atoms with E-state index >= 15 is 0 Å². The third kappa shape index (κ3) is 4.57. The van der Waals surface area contributed by atoms with Gasteiger partial charge in [0.2, 0.25) is 15.9 Å². The minimum absolute atomic E-state index is 0.0583. The molecule has 30 heavy (non-hydrogen) atoms. The van der Waals surface area contributed by atoms with Crippen LogP contribution in [0, 0.1) is 0 Å². The second-order valence-corrected chi connectivity index (χ2v) is 10.2. The number of piperidine rings is 1. The minimum Gasteiger partial charge on any atom is -0.336 e. The maximum absolute atomic E-state index is 12.2. The van der Waals surface area contributed by atoms with E-state index in [2.05, 4.69) is 0 Å². The summed E-state index contributed by atoms with van der Waals surface area (Å²) in [4.78, 5) is 19.9. The molecule has 0 bridgehead atoms. The fraction of sp³-hybridized carbons (Fsp3) is 0.238. The average Bonchev–Trinajstić information content (AvgIpc) is 3.13. The first-order valence-corrected chi connectivity index (χ1v) is 12.2. The van der Waals surface area contributed by atoms with E-state index in [1.54, 1.807) is 24.3 Å². The number of halogens is 1. The van der Waals surface area contributed by atoms with Crippen LogP contribution in [0.15, 0.2) is 53.4 Å². The molecule has 1 aliphatic rings. The van der Waals surface area contributed by atoms with Crippen molar-refractivity contribution in [3.63, 3.8) is 0 Å². The quantitative estimate of drug-likeness (QED) is 0.613. The molecular formula is C21H20ClN3O3S2. The molecule has 2 heterocycles. The first-order chi connectivity index (χ1) is 14.3. The molecule has 4 rings (SSSR count). The summed E-state index contributed by atoms with van der Waals surface area (Å²) in [5.74, 6) is 0.156. The maximum atomic E-state index is 12.2. The number of rotatable bonds is 5. The van der Waals surface area contributed by atoms with Gasteiger partial charge >= 0.3 is 0 Å². The molecule has 1 saturated heterocycles. The number of carbonyl (C=O) groups excluding carboxylic acids is 1. The number of carbonyl (C=O) groups is 1. The molecule has 2 N–H and O–H groups in total. The zero-order valence-electron chi connectivity index (χ0n) is 16.0. The van der Waals surface area contributed by atoms with Crippen LogP contribution in [0.2, 0.25) is 5.02 Å². The number of sulfonamides is 1. The number of nitrogens with two attached hydrogens (primary N) is 1. The van der Waals surface area contributed by atoms with E-state index in [4.69, 9.17) is 21.7 Å². The topological polar surface area (TPSA) is 93.4 Å². The second-order valence-electron chi connectivity index (χ2n) is 7.13. The molecule has 6 nitrogen and oxygen atoms in total. The van der Waals surface area contributed by atoms with Gasteiger partial charge in [-0.25, -0.2) is 18.5 Å². The molecule has 0 unspecified atom stereocenters. The summed E-state index contributed by atoms with van der Waals surface area (Å²) in [5, 5.41) is 6.68. The maximum Gasteiger partial charge on any atom is 0.238 e. The highest BCUT2D eigenvalue weighted by Gasteiger charge is 2.22. The Morgan fingerprint density at radius 2 is 1.70 bits per heavy atom. The lowest BCUT2D eigenvalue weighted by molar-refractivity contribution is -0.133. The zero-order valence-corrected chi connectivity index (χ0v) is 18.4. The van der Waals surface area contributed by atoms with Gasteiger partial charge in [0.05, 0.1) is 22.0 Å². The standard InChI is InChI=1S/C21H20ClN3O3S2/c22-16-8-4-14(5-9-16)20-21(15-6-10-17(11-7-15)30(23,27)28)29-18(24-20)13-25-12-2-1-3-19(25)26/h4-11H,1-3,12-13H2,(H2,23,27,28). The van der Waals surface area contributed by atoms with Crippen molar-refractivity contribution in [1.82, 2.24) is 9.88 Å². The third-order valence-electron chi connectivity index (χ3n) is 4.98. The van der Waals surface area contributed by atoms with Gasteiger partial charge in [-0.2, -0.15) is 0 Å². The van der Waals surface area contributed by atoms with Gasteiger partial charge in [-0.15, -0.1) is 11.3 Å². The van der Waals surface area contributed by atoms with Gasteiger partial charge in [-0.1, -0.05) is 35.9 Å². The molecule has 0 spiro atoms. The number of likely N-dealkylation sites (tertiary alicyclic amines) is 1. The molecule has 0 atom stereocenters. The Kier molecular flexibility index (Phi) is 5.92. The van der Waals surface area contributed by atoms with Crippen LogP contribution in [0.1, 0.15) is 24.3 Å². The number of primary sulfonamides is 1. The summed E-state index contributed by atoms with van der Waals surface area (Å²) in [5.41, 5.74) is 2.51. The Balaban J connectivity index is 1.74. The highest BCUT2D eigenvalue weighted by molar-refractivity contribution is 7.89. The monoisotopic (exact) mass is 461 g/mol. The van der Waals surface area contributed by atoms with E-state index in [0.29, 0.717) is 18.0 Å². The van der Waals surface area contributed by atoms with Crippen molar-refractivity contribution < 1.29 is 13.2 Å². The number of benzene rings is 2. The number of hydrogen-bond donors (Lipinski definition) is 1.